The molecule has 0 bridgehead atoms. The molecule has 2 aromatic heterocycles. The molecule has 0 unspecified atom stereocenters. The molecule has 124 valence electrons. The Balaban J connectivity index is 2.33. The molecule has 0 spiro atoms. The number of benzene rings is 1. The van der Waals surface area contributed by atoms with Crippen molar-refractivity contribution in [1.29, 1.82) is 0 Å². The highest BCUT2D eigenvalue weighted by Crippen LogP contribution is 2.42. The summed E-state index contributed by atoms with van der Waals surface area (Å²) in [6.45, 7) is 3.78. The van der Waals surface area contributed by atoms with Crippen molar-refractivity contribution in [1.82, 2.24) is 15.0 Å². The summed E-state index contributed by atoms with van der Waals surface area (Å²) < 4.78 is 10.7. The number of ether oxygens (including phenoxy) is 2. The van der Waals surface area contributed by atoms with Crippen LogP contribution in [0.15, 0.2) is 18.3 Å². The number of pyridine rings is 1. The molecule has 0 saturated heterocycles. The number of hydrogen-bond acceptors (Lipinski definition) is 6. The van der Waals surface area contributed by atoms with Gasteiger partial charge in [-0.1, -0.05) is 11.6 Å². The summed E-state index contributed by atoms with van der Waals surface area (Å²) in [5.74, 6) is 1.90. The second-order valence-corrected chi connectivity index (χ2v) is 5.75. The molecule has 2 N–H and O–H groups in total. The number of halogens is 1. The molecule has 3 aromatic rings. The molecule has 1 aromatic carbocycles. The smallest absolute Gasteiger partial charge is 0.164 e. The van der Waals surface area contributed by atoms with E-state index < -0.39 is 0 Å². The maximum atomic E-state index is 6.49. The highest BCUT2D eigenvalue weighted by atomic mass is 35.5. The monoisotopic (exact) mass is 344 g/mol. The quantitative estimate of drug-likeness (QED) is 0.782. The zero-order valence-corrected chi connectivity index (χ0v) is 14.6. The van der Waals surface area contributed by atoms with Crippen molar-refractivity contribution in [2.45, 2.75) is 13.8 Å². The summed E-state index contributed by atoms with van der Waals surface area (Å²) >= 11 is 6.49. The number of fused-ring (bicyclic) bond motifs is 1. The number of nitrogens with two attached hydrogens (primary N) is 1. The summed E-state index contributed by atoms with van der Waals surface area (Å²) in [5.41, 5.74) is 9.06. The molecule has 0 aliphatic carbocycles. The van der Waals surface area contributed by atoms with Crippen LogP contribution in [0.1, 0.15) is 11.3 Å². The first-order valence-corrected chi connectivity index (χ1v) is 7.65. The van der Waals surface area contributed by atoms with Gasteiger partial charge in [-0.15, -0.1) is 0 Å². The summed E-state index contributed by atoms with van der Waals surface area (Å²) in [7, 11) is 3.13. The van der Waals surface area contributed by atoms with E-state index in [1.165, 1.54) is 0 Å². The second-order valence-electron chi connectivity index (χ2n) is 5.37. The number of hydrogen-bond donors (Lipinski definition) is 1. The van der Waals surface area contributed by atoms with Gasteiger partial charge in [0, 0.05) is 28.3 Å². The highest BCUT2D eigenvalue weighted by molar-refractivity contribution is 6.35. The minimum absolute atomic E-state index is 0.373. The maximum absolute atomic E-state index is 6.49. The zero-order chi connectivity index (χ0) is 17.4. The molecule has 0 radical (unpaired) electrons. The molecular formula is C17H17ClN4O2. The average Bonchev–Trinajstić information content (AvgIpc) is 2.56. The van der Waals surface area contributed by atoms with Gasteiger partial charge in [-0.2, -0.15) is 0 Å². The van der Waals surface area contributed by atoms with E-state index in [1.54, 1.807) is 26.5 Å². The second kappa shape index (κ2) is 6.13. The van der Waals surface area contributed by atoms with Crippen LogP contribution in [0.4, 0.5) is 5.82 Å². The van der Waals surface area contributed by atoms with Gasteiger partial charge in [0.25, 0.3) is 0 Å². The molecule has 7 heteroatoms. The van der Waals surface area contributed by atoms with Crippen molar-refractivity contribution in [2.75, 3.05) is 20.0 Å². The van der Waals surface area contributed by atoms with Crippen LogP contribution >= 0.6 is 11.6 Å². The van der Waals surface area contributed by atoms with Crippen LogP contribution in [0.2, 0.25) is 5.02 Å². The van der Waals surface area contributed by atoms with E-state index in [-0.39, 0.29) is 0 Å². The lowest BCUT2D eigenvalue weighted by Crippen LogP contribution is -2.02. The Morgan fingerprint density at radius 3 is 2.42 bits per heavy atom. The Kier molecular flexibility index (Phi) is 4.15. The number of nitrogen functional groups attached to an aromatic ring is 1. The van der Waals surface area contributed by atoms with Gasteiger partial charge in [0.1, 0.15) is 17.3 Å². The lowest BCUT2D eigenvalue weighted by Gasteiger charge is -2.15. The topological polar surface area (TPSA) is 83.2 Å². The van der Waals surface area contributed by atoms with Gasteiger partial charge < -0.3 is 15.2 Å². The van der Waals surface area contributed by atoms with E-state index in [0.29, 0.717) is 39.2 Å². The summed E-state index contributed by atoms with van der Waals surface area (Å²) in [5, 5.41) is 1.17. The predicted molar refractivity (Wildman–Crippen MR) is 94.8 cm³/mol. The van der Waals surface area contributed by atoms with E-state index in [1.807, 2.05) is 19.9 Å². The highest BCUT2D eigenvalue weighted by Gasteiger charge is 2.20. The molecule has 24 heavy (non-hydrogen) atoms. The van der Waals surface area contributed by atoms with Crippen LogP contribution < -0.4 is 15.2 Å². The van der Waals surface area contributed by atoms with E-state index in [2.05, 4.69) is 15.0 Å². The molecule has 2 heterocycles. The Labute approximate surface area is 144 Å². The molecule has 0 saturated carbocycles. The number of rotatable bonds is 3. The molecule has 0 amide bonds. The Morgan fingerprint density at radius 1 is 1.04 bits per heavy atom. The Hall–Kier alpha value is -2.60. The average molecular weight is 345 g/mol. The normalized spacial score (nSPS) is 10.9. The third-order valence-electron chi connectivity index (χ3n) is 3.85. The van der Waals surface area contributed by atoms with E-state index in [9.17, 15) is 0 Å². The molecule has 6 nitrogen and oxygen atoms in total. The molecular weight excluding hydrogens is 328 g/mol. The van der Waals surface area contributed by atoms with Gasteiger partial charge in [0.15, 0.2) is 5.82 Å². The zero-order valence-electron chi connectivity index (χ0n) is 13.8. The fourth-order valence-corrected chi connectivity index (χ4v) is 2.96. The van der Waals surface area contributed by atoms with Crippen molar-refractivity contribution in [3.8, 4) is 22.9 Å². The maximum Gasteiger partial charge on any atom is 0.164 e. The van der Waals surface area contributed by atoms with E-state index >= 15 is 0 Å². The number of nitrogens with zero attached hydrogens (tertiary/aromatic N) is 3. The lowest BCUT2D eigenvalue weighted by atomic mass is 10.1. The van der Waals surface area contributed by atoms with Gasteiger partial charge in [-0.05, 0) is 19.9 Å². The van der Waals surface area contributed by atoms with Gasteiger partial charge >= 0.3 is 0 Å². The standard InChI is InChI=1S/C17H17ClN4O2/c1-8-5-10-11(7-20-8)21-17(22-16(10)19)14-9(2)12(23-3)6-13(24-4)15(14)18/h5-7H,1-4H3,(H2,19,21,22). The summed E-state index contributed by atoms with van der Waals surface area (Å²) in [4.78, 5) is 13.3. The van der Waals surface area contributed by atoms with Gasteiger partial charge in [0.2, 0.25) is 0 Å². The Bertz CT molecular complexity index is 916. The molecule has 0 atom stereocenters. The SMILES string of the molecule is COc1cc(OC)c(Cl)c(-c2nc(N)c3cc(C)ncc3n2)c1C. The third-order valence-corrected chi connectivity index (χ3v) is 4.23. The van der Waals surface area contributed by atoms with Crippen LogP contribution in [0.3, 0.4) is 0 Å². The van der Waals surface area contributed by atoms with Crippen LogP contribution in [-0.2, 0) is 0 Å². The van der Waals surface area contributed by atoms with Crippen LogP contribution in [0.25, 0.3) is 22.3 Å². The van der Waals surface area contributed by atoms with E-state index in [4.69, 9.17) is 26.8 Å². The van der Waals surface area contributed by atoms with E-state index in [0.717, 1.165) is 16.6 Å². The van der Waals surface area contributed by atoms with Crippen molar-refractivity contribution >= 4 is 28.3 Å². The first-order chi connectivity index (χ1) is 11.5. The Morgan fingerprint density at radius 2 is 1.75 bits per heavy atom. The number of aryl methyl sites for hydroxylation is 1. The fourth-order valence-electron chi connectivity index (χ4n) is 2.60. The van der Waals surface area contributed by atoms with Crippen molar-refractivity contribution in [2.24, 2.45) is 0 Å². The van der Waals surface area contributed by atoms with Crippen LogP contribution in [-0.4, -0.2) is 29.2 Å². The molecule has 0 aliphatic rings. The van der Waals surface area contributed by atoms with Crippen molar-refractivity contribution in [3.05, 3.63) is 34.6 Å². The minimum atomic E-state index is 0.373. The van der Waals surface area contributed by atoms with Crippen molar-refractivity contribution in [3.63, 3.8) is 0 Å². The number of anilines is 1. The van der Waals surface area contributed by atoms with Gasteiger partial charge in [-0.25, -0.2) is 9.97 Å². The van der Waals surface area contributed by atoms with Gasteiger partial charge in [0.05, 0.1) is 31.0 Å². The predicted octanol–water partition coefficient (Wildman–Crippen LogP) is 3.56. The molecule has 3 rings (SSSR count). The fraction of sp³-hybridized carbons (Fsp3) is 0.235. The summed E-state index contributed by atoms with van der Waals surface area (Å²) in [6.07, 6.45) is 1.67. The first kappa shape index (κ1) is 16.3. The minimum Gasteiger partial charge on any atom is -0.496 e. The van der Waals surface area contributed by atoms with Gasteiger partial charge in [-0.3, -0.25) is 4.98 Å². The molecule has 0 aliphatic heterocycles. The number of methoxy groups -OCH3 is 2. The molecule has 0 fully saturated rings. The first-order valence-electron chi connectivity index (χ1n) is 7.27. The largest absolute Gasteiger partial charge is 0.496 e. The van der Waals surface area contributed by atoms with Crippen LogP contribution in [0, 0.1) is 13.8 Å². The van der Waals surface area contributed by atoms with Crippen LogP contribution in [0.5, 0.6) is 11.5 Å². The number of aromatic nitrogens is 3. The van der Waals surface area contributed by atoms with Crippen molar-refractivity contribution < 1.29 is 9.47 Å². The summed E-state index contributed by atoms with van der Waals surface area (Å²) in [6, 6.07) is 3.59. The lowest BCUT2D eigenvalue weighted by molar-refractivity contribution is 0.393. The third kappa shape index (κ3) is 2.59.